The Balaban J connectivity index is 0.00000306. The fraction of sp³-hybridized carbons (Fsp3) is 0.417. The lowest BCUT2D eigenvalue weighted by Gasteiger charge is -2.34. The molecule has 188 valence electrons. The number of nitrogens with zero attached hydrogens (tertiary/aromatic N) is 4. The normalized spacial score (nSPS) is 14.1. The summed E-state index contributed by atoms with van der Waals surface area (Å²) in [7, 11) is 0. The lowest BCUT2D eigenvalue weighted by Crippen LogP contribution is -2.44. The molecule has 1 aromatic heterocycles. The molecule has 1 aliphatic heterocycles. The van der Waals surface area contributed by atoms with Crippen molar-refractivity contribution in [3.05, 3.63) is 52.6 Å². The second kappa shape index (κ2) is 14.8. The standard InChI is InChI=1S/C24H29N7OS.2ClH/c1-2-18-19(14-26)23(31-12-8-17(9-13-31)29-11-10-25)30-24(20(18)15-27)33-21(22(28)32)16-6-4-3-5-7-16;;/h3-7,17,21,29H,2,8-13,25H2,1H3,(H2,28,32);2*1H. The van der Waals surface area contributed by atoms with E-state index in [1.54, 1.807) is 0 Å². The zero-order chi connectivity index (χ0) is 23.8. The van der Waals surface area contributed by atoms with Crippen LogP contribution in [0.3, 0.4) is 0 Å². The predicted molar refractivity (Wildman–Crippen MR) is 144 cm³/mol. The van der Waals surface area contributed by atoms with Crippen LogP contribution in [-0.4, -0.2) is 43.1 Å². The van der Waals surface area contributed by atoms with Gasteiger partial charge in [-0.25, -0.2) is 4.98 Å². The Labute approximate surface area is 223 Å². The molecule has 8 nitrogen and oxygen atoms in total. The summed E-state index contributed by atoms with van der Waals surface area (Å²) in [5.41, 5.74) is 13.5. The van der Waals surface area contributed by atoms with Gasteiger partial charge in [-0.05, 0) is 30.4 Å². The fourth-order valence-electron chi connectivity index (χ4n) is 4.11. The summed E-state index contributed by atoms with van der Waals surface area (Å²) in [6, 6.07) is 14.1. The van der Waals surface area contributed by atoms with E-state index < -0.39 is 11.2 Å². The molecule has 2 aromatic rings. The molecule has 1 atom stereocenters. The summed E-state index contributed by atoms with van der Waals surface area (Å²) >= 11 is 1.17. The molecule has 1 unspecified atom stereocenters. The van der Waals surface area contributed by atoms with Gasteiger partial charge in [-0.15, -0.1) is 24.8 Å². The number of aromatic nitrogens is 1. The van der Waals surface area contributed by atoms with Gasteiger partial charge >= 0.3 is 0 Å². The van der Waals surface area contributed by atoms with Gasteiger partial charge in [0.2, 0.25) is 5.91 Å². The van der Waals surface area contributed by atoms with Gasteiger partial charge in [0.15, 0.2) is 0 Å². The summed E-state index contributed by atoms with van der Waals surface area (Å²) in [5.74, 6) is 0.0667. The number of amides is 1. The van der Waals surface area contributed by atoms with Crippen LogP contribution in [0.2, 0.25) is 0 Å². The van der Waals surface area contributed by atoms with E-state index in [-0.39, 0.29) is 24.8 Å². The van der Waals surface area contributed by atoms with Crippen molar-refractivity contribution in [3.8, 4) is 12.1 Å². The number of nitrogens with two attached hydrogens (primary N) is 2. The van der Waals surface area contributed by atoms with Gasteiger partial charge < -0.3 is 21.7 Å². The van der Waals surface area contributed by atoms with Crippen molar-refractivity contribution in [2.24, 2.45) is 11.5 Å². The second-order valence-corrected chi connectivity index (χ2v) is 8.96. The van der Waals surface area contributed by atoms with Crippen molar-refractivity contribution in [1.82, 2.24) is 10.3 Å². The number of nitriles is 2. The highest BCUT2D eigenvalue weighted by Gasteiger charge is 2.29. The maximum absolute atomic E-state index is 12.3. The number of anilines is 1. The Hall–Kier alpha value is -2.53. The lowest BCUT2D eigenvalue weighted by atomic mass is 10.00. The molecule has 1 saturated heterocycles. The Morgan fingerprint density at radius 1 is 1.20 bits per heavy atom. The molecule has 0 spiro atoms. The van der Waals surface area contributed by atoms with Crippen molar-refractivity contribution in [1.29, 1.82) is 10.5 Å². The van der Waals surface area contributed by atoms with E-state index >= 15 is 0 Å². The van der Waals surface area contributed by atoms with Crippen LogP contribution in [0.4, 0.5) is 5.82 Å². The van der Waals surface area contributed by atoms with E-state index in [9.17, 15) is 15.3 Å². The molecule has 1 aromatic carbocycles. The van der Waals surface area contributed by atoms with Gasteiger partial charge in [0, 0.05) is 32.2 Å². The molecule has 0 aliphatic carbocycles. The van der Waals surface area contributed by atoms with Crippen LogP contribution in [0.1, 0.15) is 47.3 Å². The monoisotopic (exact) mass is 535 g/mol. The van der Waals surface area contributed by atoms with Crippen LogP contribution >= 0.6 is 36.6 Å². The van der Waals surface area contributed by atoms with E-state index in [0.29, 0.717) is 46.5 Å². The molecule has 1 aliphatic rings. The Morgan fingerprint density at radius 3 is 2.34 bits per heavy atom. The number of primary amides is 1. The fourth-order valence-corrected chi connectivity index (χ4v) is 5.17. The van der Waals surface area contributed by atoms with Gasteiger partial charge in [-0.1, -0.05) is 49.0 Å². The molecule has 1 fully saturated rings. The molecule has 0 radical (unpaired) electrons. The summed E-state index contributed by atoms with van der Waals surface area (Å²) < 4.78 is 0. The van der Waals surface area contributed by atoms with Crippen LogP contribution in [-0.2, 0) is 11.2 Å². The van der Waals surface area contributed by atoms with Crippen LogP contribution < -0.4 is 21.7 Å². The van der Waals surface area contributed by atoms with E-state index in [2.05, 4.69) is 22.4 Å². The minimum atomic E-state index is -0.692. The zero-order valence-corrected chi connectivity index (χ0v) is 22.0. The van der Waals surface area contributed by atoms with E-state index in [0.717, 1.165) is 38.0 Å². The highest BCUT2D eigenvalue weighted by molar-refractivity contribution is 8.00. The SMILES string of the molecule is CCc1c(C#N)c(SC(C(N)=O)c2ccccc2)nc(N2CCC(NCCN)CC2)c1C#N.Cl.Cl. The van der Waals surface area contributed by atoms with Gasteiger partial charge in [0.25, 0.3) is 0 Å². The highest BCUT2D eigenvalue weighted by atomic mass is 35.5. The van der Waals surface area contributed by atoms with Crippen LogP contribution in [0.5, 0.6) is 0 Å². The van der Waals surface area contributed by atoms with Gasteiger partial charge in [0.1, 0.15) is 28.2 Å². The van der Waals surface area contributed by atoms with Crippen molar-refractivity contribution >= 4 is 48.3 Å². The first-order valence-electron chi connectivity index (χ1n) is 11.1. The molecule has 5 N–H and O–H groups in total. The van der Waals surface area contributed by atoms with E-state index in [4.69, 9.17) is 16.5 Å². The number of benzene rings is 1. The quantitative estimate of drug-likeness (QED) is 0.415. The zero-order valence-electron chi connectivity index (χ0n) is 19.6. The second-order valence-electron chi connectivity index (χ2n) is 7.86. The molecule has 3 rings (SSSR count). The average Bonchev–Trinajstić information content (AvgIpc) is 2.85. The van der Waals surface area contributed by atoms with Crippen LogP contribution in [0.25, 0.3) is 0 Å². The van der Waals surface area contributed by atoms with Crippen molar-refractivity contribution in [3.63, 3.8) is 0 Å². The third kappa shape index (κ3) is 7.23. The number of carbonyl (C=O) groups is 1. The number of piperidine rings is 1. The Kier molecular flexibility index (Phi) is 12.9. The minimum absolute atomic E-state index is 0. The lowest BCUT2D eigenvalue weighted by molar-refractivity contribution is -0.117. The molecular formula is C24H31Cl2N7OS. The highest BCUT2D eigenvalue weighted by Crippen LogP contribution is 2.39. The maximum Gasteiger partial charge on any atom is 0.235 e. The van der Waals surface area contributed by atoms with Gasteiger partial charge in [0.05, 0.1) is 11.1 Å². The van der Waals surface area contributed by atoms with Crippen molar-refractivity contribution in [2.45, 2.75) is 42.5 Å². The van der Waals surface area contributed by atoms with Crippen LogP contribution in [0.15, 0.2) is 35.4 Å². The molecular weight excluding hydrogens is 505 g/mol. The smallest absolute Gasteiger partial charge is 0.235 e. The summed E-state index contributed by atoms with van der Waals surface area (Å²) in [4.78, 5) is 19.2. The number of halogens is 2. The first kappa shape index (κ1) is 30.5. The summed E-state index contributed by atoms with van der Waals surface area (Å²) in [6.45, 7) is 4.76. The molecule has 1 amide bonds. The molecule has 11 heteroatoms. The first-order valence-corrected chi connectivity index (χ1v) is 12.0. The third-order valence-electron chi connectivity index (χ3n) is 5.79. The number of thioether (sulfide) groups is 1. The minimum Gasteiger partial charge on any atom is -0.368 e. The average molecular weight is 537 g/mol. The molecule has 0 bridgehead atoms. The Bertz CT molecular complexity index is 1060. The number of rotatable bonds is 9. The third-order valence-corrected chi connectivity index (χ3v) is 7.05. The number of pyridine rings is 1. The van der Waals surface area contributed by atoms with Gasteiger partial charge in [-0.3, -0.25) is 4.79 Å². The maximum atomic E-state index is 12.3. The van der Waals surface area contributed by atoms with Crippen LogP contribution in [0, 0.1) is 22.7 Å². The topological polar surface area (TPSA) is 145 Å². The molecule has 2 heterocycles. The van der Waals surface area contributed by atoms with Crippen molar-refractivity contribution < 1.29 is 4.79 Å². The summed E-state index contributed by atoms with van der Waals surface area (Å²) in [5, 5.41) is 23.1. The number of carbonyl (C=O) groups excluding carboxylic acids is 1. The number of hydrogen-bond donors (Lipinski definition) is 3. The molecule has 35 heavy (non-hydrogen) atoms. The number of nitrogens with one attached hydrogen (secondary N) is 1. The molecule has 0 saturated carbocycles. The van der Waals surface area contributed by atoms with E-state index in [1.807, 2.05) is 37.3 Å². The van der Waals surface area contributed by atoms with E-state index in [1.165, 1.54) is 11.8 Å². The largest absolute Gasteiger partial charge is 0.368 e. The van der Waals surface area contributed by atoms with Crippen molar-refractivity contribution in [2.75, 3.05) is 31.1 Å². The first-order chi connectivity index (χ1) is 16.0. The predicted octanol–water partition coefficient (Wildman–Crippen LogP) is 3.07. The number of hydrogen-bond acceptors (Lipinski definition) is 8. The van der Waals surface area contributed by atoms with Gasteiger partial charge in [-0.2, -0.15) is 10.5 Å². The summed E-state index contributed by atoms with van der Waals surface area (Å²) in [6.07, 6.45) is 2.32. The Morgan fingerprint density at radius 2 is 1.83 bits per heavy atom.